The van der Waals surface area contributed by atoms with Gasteiger partial charge in [0.15, 0.2) is 0 Å². The molecule has 0 unspecified atom stereocenters. The van der Waals surface area contributed by atoms with E-state index in [1.54, 1.807) is 4.52 Å². The van der Waals surface area contributed by atoms with E-state index in [-0.39, 0.29) is 0 Å². The van der Waals surface area contributed by atoms with E-state index in [4.69, 9.17) is 11.6 Å². The van der Waals surface area contributed by atoms with Crippen LogP contribution in [0.1, 0.15) is 31.0 Å². The summed E-state index contributed by atoms with van der Waals surface area (Å²) in [5.74, 6) is 0.433. The summed E-state index contributed by atoms with van der Waals surface area (Å²) in [4.78, 5) is 4.17. The van der Waals surface area contributed by atoms with Gasteiger partial charge >= 0.3 is 0 Å². The molecular weight excluding hydrogens is 198 g/mol. The summed E-state index contributed by atoms with van der Waals surface area (Å²) in [7, 11) is 0. The van der Waals surface area contributed by atoms with E-state index in [1.807, 2.05) is 13.0 Å². The minimum Gasteiger partial charge on any atom is -0.238 e. The van der Waals surface area contributed by atoms with Gasteiger partial charge in [-0.05, 0) is 24.5 Å². The van der Waals surface area contributed by atoms with Crippen molar-refractivity contribution in [3.8, 4) is 0 Å². The summed E-state index contributed by atoms with van der Waals surface area (Å²) in [6.45, 7) is 6.25. The van der Waals surface area contributed by atoms with E-state index in [1.165, 1.54) is 11.9 Å². The van der Waals surface area contributed by atoms with Crippen LogP contribution in [0.4, 0.5) is 0 Å². The van der Waals surface area contributed by atoms with Crippen LogP contribution in [0.2, 0.25) is 5.15 Å². The molecule has 2 rings (SSSR count). The zero-order valence-electron chi connectivity index (χ0n) is 8.45. The molecule has 2 aromatic rings. The molecule has 0 aliphatic carbocycles. The summed E-state index contributed by atoms with van der Waals surface area (Å²) >= 11 is 6.07. The van der Waals surface area contributed by atoms with Crippen LogP contribution in [0, 0.1) is 6.92 Å². The molecule has 4 heteroatoms. The summed E-state index contributed by atoms with van der Waals surface area (Å²) in [6.07, 6.45) is 1.53. The molecule has 0 radical (unpaired) electrons. The van der Waals surface area contributed by atoms with Gasteiger partial charge in [0.25, 0.3) is 0 Å². The van der Waals surface area contributed by atoms with Crippen LogP contribution in [-0.2, 0) is 0 Å². The first-order valence-electron chi connectivity index (χ1n) is 4.60. The second kappa shape index (κ2) is 3.24. The van der Waals surface area contributed by atoms with Crippen LogP contribution < -0.4 is 0 Å². The summed E-state index contributed by atoms with van der Waals surface area (Å²) in [6, 6.07) is 1.96. The third kappa shape index (κ3) is 1.28. The predicted octanol–water partition coefficient (Wildman–Crippen LogP) is 2.81. The largest absolute Gasteiger partial charge is 0.238 e. The van der Waals surface area contributed by atoms with Crippen LogP contribution in [0.5, 0.6) is 0 Å². The van der Waals surface area contributed by atoms with Gasteiger partial charge in [0.05, 0.1) is 11.2 Å². The van der Waals surface area contributed by atoms with Gasteiger partial charge in [-0.15, -0.1) is 0 Å². The Hall–Kier alpha value is -1.09. The van der Waals surface area contributed by atoms with Gasteiger partial charge in [-0.3, -0.25) is 0 Å². The molecule has 0 saturated carbocycles. The van der Waals surface area contributed by atoms with Crippen molar-refractivity contribution >= 4 is 17.1 Å². The summed E-state index contributed by atoms with van der Waals surface area (Å²) in [5.41, 5.74) is 3.20. The lowest BCUT2D eigenvalue weighted by Gasteiger charge is -2.04. The van der Waals surface area contributed by atoms with E-state index in [0.717, 1.165) is 11.2 Å². The highest BCUT2D eigenvalue weighted by atomic mass is 35.5. The molecule has 0 amide bonds. The highest BCUT2D eigenvalue weighted by molar-refractivity contribution is 6.30. The highest BCUT2D eigenvalue weighted by Crippen LogP contribution is 2.27. The second-order valence-electron chi connectivity index (χ2n) is 3.68. The van der Waals surface area contributed by atoms with Gasteiger partial charge < -0.3 is 0 Å². The van der Waals surface area contributed by atoms with Crippen LogP contribution >= 0.6 is 11.6 Å². The van der Waals surface area contributed by atoms with Crippen molar-refractivity contribution in [2.24, 2.45) is 0 Å². The summed E-state index contributed by atoms with van der Waals surface area (Å²) in [5, 5.41) is 4.77. The number of aryl methyl sites for hydroxylation is 1. The van der Waals surface area contributed by atoms with Crippen molar-refractivity contribution in [3.63, 3.8) is 0 Å². The third-order valence-corrected chi connectivity index (χ3v) is 2.61. The molecule has 0 bridgehead atoms. The topological polar surface area (TPSA) is 30.2 Å². The third-order valence-electron chi connectivity index (χ3n) is 2.35. The average molecular weight is 210 g/mol. The molecule has 0 aromatic carbocycles. The smallest absolute Gasteiger partial charge is 0.136 e. The maximum absolute atomic E-state index is 6.07. The molecule has 0 atom stereocenters. The van der Waals surface area contributed by atoms with Crippen molar-refractivity contribution in [1.82, 2.24) is 14.6 Å². The van der Waals surface area contributed by atoms with E-state index in [2.05, 4.69) is 23.9 Å². The Morgan fingerprint density at radius 3 is 2.79 bits per heavy atom. The SMILES string of the molecule is Cc1ncnn2c(Cl)cc(C(C)C)c12. The first kappa shape index (κ1) is 9.46. The molecule has 2 aromatic heterocycles. The zero-order chi connectivity index (χ0) is 10.3. The van der Waals surface area contributed by atoms with Gasteiger partial charge in [0, 0.05) is 0 Å². The molecule has 0 saturated heterocycles. The van der Waals surface area contributed by atoms with Crippen molar-refractivity contribution in [2.45, 2.75) is 26.7 Å². The standard InChI is InChI=1S/C10H12ClN3/c1-6(2)8-4-9(11)14-10(8)7(3)12-5-13-14/h4-6H,1-3H3. The predicted molar refractivity (Wildman–Crippen MR) is 56.8 cm³/mol. The number of fused-ring (bicyclic) bond motifs is 1. The summed E-state index contributed by atoms with van der Waals surface area (Å²) < 4.78 is 1.74. The van der Waals surface area contributed by atoms with Crippen LogP contribution in [0.15, 0.2) is 12.4 Å². The fraction of sp³-hybridized carbons (Fsp3) is 0.400. The minimum absolute atomic E-state index is 0.433. The van der Waals surface area contributed by atoms with Crippen molar-refractivity contribution < 1.29 is 0 Å². The van der Waals surface area contributed by atoms with Gasteiger partial charge in [-0.2, -0.15) is 5.10 Å². The Balaban J connectivity index is 2.86. The fourth-order valence-electron chi connectivity index (χ4n) is 1.63. The maximum atomic E-state index is 6.07. The van der Waals surface area contributed by atoms with E-state index in [9.17, 15) is 0 Å². The second-order valence-corrected chi connectivity index (χ2v) is 4.07. The lowest BCUT2D eigenvalue weighted by atomic mass is 10.0. The van der Waals surface area contributed by atoms with E-state index >= 15 is 0 Å². The first-order chi connectivity index (χ1) is 6.61. The van der Waals surface area contributed by atoms with Crippen molar-refractivity contribution in [3.05, 3.63) is 28.8 Å². The molecule has 0 spiro atoms. The molecule has 0 N–H and O–H groups in total. The Morgan fingerprint density at radius 2 is 2.14 bits per heavy atom. The van der Waals surface area contributed by atoms with Gasteiger partial charge in [-0.25, -0.2) is 9.50 Å². The zero-order valence-corrected chi connectivity index (χ0v) is 9.21. The number of hydrogen-bond donors (Lipinski definition) is 0. The Kier molecular flexibility index (Phi) is 2.19. The van der Waals surface area contributed by atoms with Crippen molar-refractivity contribution in [1.29, 1.82) is 0 Å². The Bertz CT molecular complexity index is 473. The fourth-order valence-corrected chi connectivity index (χ4v) is 1.87. The molecular formula is C10H12ClN3. The molecule has 74 valence electrons. The number of hydrogen-bond acceptors (Lipinski definition) is 2. The number of rotatable bonds is 1. The number of halogens is 1. The monoisotopic (exact) mass is 209 g/mol. The Labute approximate surface area is 87.7 Å². The maximum Gasteiger partial charge on any atom is 0.136 e. The molecule has 2 heterocycles. The highest BCUT2D eigenvalue weighted by Gasteiger charge is 2.13. The molecule has 0 fully saturated rings. The normalized spacial score (nSPS) is 11.5. The average Bonchev–Trinajstić information content (AvgIpc) is 2.46. The molecule has 0 aliphatic heterocycles. The van der Waals surface area contributed by atoms with Gasteiger partial charge in [0.2, 0.25) is 0 Å². The molecule has 0 aliphatic rings. The quantitative estimate of drug-likeness (QED) is 0.723. The minimum atomic E-state index is 0.433. The van der Waals surface area contributed by atoms with Crippen LogP contribution in [-0.4, -0.2) is 14.6 Å². The van der Waals surface area contributed by atoms with E-state index < -0.39 is 0 Å². The molecule has 3 nitrogen and oxygen atoms in total. The lowest BCUT2D eigenvalue weighted by Crippen LogP contribution is -1.97. The molecule has 14 heavy (non-hydrogen) atoms. The lowest BCUT2D eigenvalue weighted by molar-refractivity contribution is 0.852. The first-order valence-corrected chi connectivity index (χ1v) is 4.97. The van der Waals surface area contributed by atoms with E-state index in [0.29, 0.717) is 11.1 Å². The van der Waals surface area contributed by atoms with Gasteiger partial charge in [0.1, 0.15) is 11.5 Å². The van der Waals surface area contributed by atoms with Crippen LogP contribution in [0.3, 0.4) is 0 Å². The van der Waals surface area contributed by atoms with Crippen LogP contribution in [0.25, 0.3) is 5.52 Å². The van der Waals surface area contributed by atoms with Crippen molar-refractivity contribution in [2.75, 3.05) is 0 Å². The Morgan fingerprint density at radius 1 is 1.43 bits per heavy atom. The van der Waals surface area contributed by atoms with Gasteiger partial charge in [-0.1, -0.05) is 25.4 Å². The number of nitrogens with zero attached hydrogens (tertiary/aromatic N) is 3. The number of aromatic nitrogens is 3.